The first-order valence-electron chi connectivity index (χ1n) is 17.1. The number of ether oxygens (including phenoxy) is 3. The highest BCUT2D eigenvalue weighted by Crippen LogP contribution is 2.36. The Morgan fingerprint density at radius 3 is 1.36 bits per heavy atom. The van der Waals surface area contributed by atoms with E-state index < -0.39 is 33.6 Å². The van der Waals surface area contributed by atoms with Crippen LogP contribution in [0.25, 0.3) is 21.1 Å². The Morgan fingerprint density at radius 1 is 0.639 bits per heavy atom. The molecule has 4 aromatic carbocycles. The van der Waals surface area contributed by atoms with E-state index in [4.69, 9.17) is 52.1 Å². The van der Waals surface area contributed by atoms with Gasteiger partial charge < -0.3 is 14.2 Å². The van der Waals surface area contributed by atoms with Gasteiger partial charge in [-0.2, -0.15) is 45.3 Å². The summed E-state index contributed by atoms with van der Waals surface area (Å²) in [5, 5.41) is 19.3. The molecule has 0 atom stereocenters. The quantitative estimate of drug-likeness (QED) is 0.0810. The molecule has 0 aliphatic rings. The number of hydrogen-bond donors (Lipinski definition) is 0. The van der Waals surface area contributed by atoms with Crippen molar-refractivity contribution in [1.29, 1.82) is 10.5 Å². The Bertz CT molecular complexity index is 2680. The summed E-state index contributed by atoms with van der Waals surface area (Å²) in [5.41, 5.74) is 1.05. The van der Waals surface area contributed by atoms with E-state index in [1.807, 2.05) is 12.1 Å². The van der Waals surface area contributed by atoms with Gasteiger partial charge in [0.1, 0.15) is 53.5 Å². The Labute approximate surface area is 363 Å². The molecule has 6 aromatic rings. The lowest BCUT2D eigenvalue weighted by Gasteiger charge is -2.07. The fourth-order valence-corrected chi connectivity index (χ4v) is 7.74. The Kier molecular flexibility index (Phi) is 15.4. The predicted molar refractivity (Wildman–Crippen MR) is 216 cm³/mol. The van der Waals surface area contributed by atoms with Gasteiger partial charge in [0.25, 0.3) is 10.1 Å². The third kappa shape index (κ3) is 13.1. The molecule has 0 N–H and O–H groups in total. The highest BCUT2D eigenvalue weighted by molar-refractivity contribution is 7.85. The van der Waals surface area contributed by atoms with Gasteiger partial charge in [-0.25, -0.2) is 9.97 Å². The molecule has 0 unspecified atom stereocenters. The molecule has 21 heteroatoms. The van der Waals surface area contributed by atoms with Crippen LogP contribution in [0.15, 0.2) is 84.9 Å². The van der Waals surface area contributed by atoms with Crippen molar-refractivity contribution in [3.8, 4) is 44.8 Å². The summed E-state index contributed by atoms with van der Waals surface area (Å²) < 4.78 is 121. The minimum absolute atomic E-state index is 0.0248. The molecule has 318 valence electrons. The topological polar surface area (TPSA) is 144 Å². The maximum atomic E-state index is 12.8. The van der Waals surface area contributed by atoms with Gasteiger partial charge in [0.05, 0.1) is 66.3 Å². The molecule has 0 aliphatic carbocycles. The van der Waals surface area contributed by atoms with Crippen LogP contribution in [-0.4, -0.2) is 31.8 Å². The number of benzene rings is 4. The van der Waals surface area contributed by atoms with Gasteiger partial charge >= 0.3 is 12.4 Å². The molecule has 0 spiro atoms. The number of halogens is 8. The zero-order valence-electron chi connectivity index (χ0n) is 31.4. The molecule has 61 heavy (non-hydrogen) atoms. The van der Waals surface area contributed by atoms with Crippen LogP contribution in [-0.2, 0) is 57.8 Å². The maximum Gasteiger partial charge on any atom is 0.416 e. The third-order valence-corrected chi connectivity index (χ3v) is 11.4. The van der Waals surface area contributed by atoms with Crippen molar-refractivity contribution in [2.75, 3.05) is 13.4 Å². The van der Waals surface area contributed by atoms with Gasteiger partial charge in [0, 0.05) is 30.4 Å². The molecule has 0 amide bonds. The fourth-order valence-electron chi connectivity index (χ4n) is 5.02. The lowest BCUT2D eigenvalue weighted by molar-refractivity contribution is -0.138. The van der Waals surface area contributed by atoms with Crippen molar-refractivity contribution in [2.24, 2.45) is 0 Å². The number of alkyl halides is 6. The summed E-state index contributed by atoms with van der Waals surface area (Å²) in [5.74, 6) is 0.857. The van der Waals surface area contributed by atoms with E-state index in [0.717, 1.165) is 46.7 Å². The second-order valence-corrected chi connectivity index (χ2v) is 17.0. The second-order valence-electron chi connectivity index (χ2n) is 12.4. The zero-order valence-corrected chi connectivity index (χ0v) is 35.4. The summed E-state index contributed by atoms with van der Waals surface area (Å²) in [6, 6.07) is 22.5. The standard InChI is InChI=1S/C20H14ClF3N2O4S2.C20H14ClF3N2O2S/c1-32(27,28)30-10-17-18(11-29-15-7-4-13(9-25)16(21)8-15)31-19(26-17)12-2-5-14(6-3-12)20(22,23)24;1-27-10-17-18(11-28-15-7-4-13(9-25)16(21)8-15)29-19(26-17)12-2-5-14(6-3-12)20(22,23)24/h2-8H,10-11H2,1H3;2-8H,10-11H2,1H3. The monoisotopic (exact) mass is 940 g/mol. The van der Waals surface area contributed by atoms with Crippen LogP contribution < -0.4 is 9.47 Å². The van der Waals surface area contributed by atoms with Crippen LogP contribution >= 0.6 is 45.9 Å². The lowest BCUT2D eigenvalue weighted by Crippen LogP contribution is -2.05. The van der Waals surface area contributed by atoms with Crippen molar-refractivity contribution >= 4 is 56.0 Å². The van der Waals surface area contributed by atoms with Crippen LogP contribution in [0.3, 0.4) is 0 Å². The van der Waals surface area contributed by atoms with Crippen LogP contribution in [0, 0.1) is 22.7 Å². The van der Waals surface area contributed by atoms with E-state index in [0.29, 0.717) is 48.8 Å². The van der Waals surface area contributed by atoms with Crippen molar-refractivity contribution in [2.45, 2.75) is 38.8 Å². The largest absolute Gasteiger partial charge is 0.488 e. The average molecular weight is 942 g/mol. The first kappa shape index (κ1) is 46.8. The van der Waals surface area contributed by atoms with Crippen molar-refractivity contribution in [1.82, 2.24) is 9.97 Å². The van der Waals surface area contributed by atoms with E-state index in [-0.39, 0.29) is 47.7 Å². The molecule has 0 saturated heterocycles. The number of rotatable bonds is 13. The van der Waals surface area contributed by atoms with Crippen molar-refractivity contribution < 1.29 is 53.2 Å². The first-order valence-corrected chi connectivity index (χ1v) is 21.3. The smallest absolute Gasteiger partial charge is 0.416 e. The molecule has 6 rings (SSSR count). The average Bonchev–Trinajstić information content (AvgIpc) is 3.82. The summed E-state index contributed by atoms with van der Waals surface area (Å²) in [4.78, 5) is 10.1. The van der Waals surface area contributed by atoms with Gasteiger partial charge in [0.15, 0.2) is 0 Å². The Morgan fingerprint density at radius 2 is 1.03 bits per heavy atom. The molecule has 0 bridgehead atoms. The number of methoxy groups -OCH3 is 1. The van der Waals surface area contributed by atoms with Gasteiger partial charge in [-0.3, -0.25) is 4.18 Å². The lowest BCUT2D eigenvalue weighted by atomic mass is 10.1. The summed E-state index contributed by atoms with van der Waals surface area (Å²) in [7, 11) is -2.22. The minimum atomic E-state index is -4.46. The molecule has 2 aromatic heterocycles. The molecule has 0 saturated carbocycles. The summed E-state index contributed by atoms with van der Waals surface area (Å²) in [6.07, 6.45) is -7.95. The number of thiazole rings is 2. The van der Waals surface area contributed by atoms with Gasteiger partial charge in [-0.1, -0.05) is 47.5 Å². The Balaban J connectivity index is 0.000000232. The SMILES string of the molecule is COCc1nc(-c2ccc(C(F)(F)F)cc2)sc1COc1ccc(C#N)c(Cl)c1.CS(=O)(=O)OCc1nc(-c2ccc(C(F)(F)F)cc2)sc1COc1ccc(C#N)c(Cl)c1. The minimum Gasteiger partial charge on any atom is -0.488 e. The molecule has 0 fully saturated rings. The van der Waals surface area contributed by atoms with E-state index in [2.05, 4.69) is 9.97 Å². The Hall–Kier alpha value is -5.25. The molecular weight excluding hydrogens is 914 g/mol. The van der Waals surface area contributed by atoms with Gasteiger partial charge in [-0.15, -0.1) is 22.7 Å². The van der Waals surface area contributed by atoms with Gasteiger partial charge in [0.2, 0.25) is 0 Å². The number of nitrogens with zero attached hydrogens (tertiary/aromatic N) is 4. The van der Waals surface area contributed by atoms with Gasteiger partial charge in [-0.05, 0) is 48.5 Å². The highest BCUT2D eigenvalue weighted by Gasteiger charge is 2.31. The van der Waals surface area contributed by atoms with Crippen molar-refractivity contribution in [3.05, 3.63) is 138 Å². The predicted octanol–water partition coefficient (Wildman–Crippen LogP) is 11.5. The number of aromatic nitrogens is 2. The first-order chi connectivity index (χ1) is 28.8. The summed E-state index contributed by atoms with van der Waals surface area (Å²) >= 11 is 14.4. The highest BCUT2D eigenvalue weighted by atomic mass is 35.5. The van der Waals surface area contributed by atoms with E-state index in [9.17, 15) is 34.8 Å². The molecule has 0 radical (unpaired) electrons. The fraction of sp³-hybridized carbons (Fsp3) is 0.200. The second kappa shape index (κ2) is 20.1. The van der Waals surface area contributed by atoms with E-state index in [1.54, 1.807) is 24.3 Å². The van der Waals surface area contributed by atoms with Crippen LogP contribution in [0.1, 0.15) is 43.4 Å². The molecule has 10 nitrogen and oxygen atoms in total. The van der Waals surface area contributed by atoms with Crippen LogP contribution in [0.2, 0.25) is 10.0 Å². The number of nitriles is 2. The van der Waals surface area contributed by atoms with E-state index >= 15 is 0 Å². The zero-order chi connectivity index (χ0) is 44.5. The molecule has 2 heterocycles. The third-order valence-electron chi connectivity index (χ3n) is 8.03. The van der Waals surface area contributed by atoms with E-state index in [1.165, 1.54) is 54.8 Å². The number of hydrogen-bond acceptors (Lipinski definition) is 12. The molecule has 0 aliphatic heterocycles. The molecular formula is C40H28Cl2F6N4O6S3. The maximum absolute atomic E-state index is 12.8. The summed E-state index contributed by atoms with van der Waals surface area (Å²) in [6.45, 7) is 0.0367. The van der Waals surface area contributed by atoms with Crippen LogP contribution in [0.4, 0.5) is 26.3 Å². The van der Waals surface area contributed by atoms with Crippen molar-refractivity contribution in [3.63, 3.8) is 0 Å². The normalized spacial score (nSPS) is 11.6. The van der Waals surface area contributed by atoms with Crippen LogP contribution in [0.5, 0.6) is 11.5 Å².